The van der Waals surface area contributed by atoms with Crippen LogP contribution in [0.3, 0.4) is 0 Å². The van der Waals surface area contributed by atoms with E-state index < -0.39 is 36.1 Å². The van der Waals surface area contributed by atoms with Crippen molar-refractivity contribution in [3.63, 3.8) is 0 Å². The average Bonchev–Trinajstić information content (AvgIpc) is 3.30. The van der Waals surface area contributed by atoms with Crippen molar-refractivity contribution in [1.82, 2.24) is 0 Å². The summed E-state index contributed by atoms with van der Waals surface area (Å²) in [4.78, 5) is 23.5. The molecule has 33 heavy (non-hydrogen) atoms. The van der Waals surface area contributed by atoms with Crippen molar-refractivity contribution in [2.45, 2.75) is 31.8 Å². The fourth-order valence-electron chi connectivity index (χ4n) is 3.25. The van der Waals surface area contributed by atoms with Crippen LogP contribution < -0.4 is 5.32 Å². The zero-order valence-corrected chi connectivity index (χ0v) is 18.6. The van der Waals surface area contributed by atoms with Crippen molar-refractivity contribution in [3.8, 4) is 0 Å². The van der Waals surface area contributed by atoms with Crippen LogP contribution in [0.15, 0.2) is 41.1 Å². The SMILES string of the molecule is COC1/C=C(/c2cc(F)c(NC(=O)c3cscc3C(=O)O)c(F)c2)CC/C=C\CC1.FCF. The number of amides is 1. The maximum atomic E-state index is 14.7. The number of allylic oxidation sites excluding steroid dienone is 3. The number of halogens is 4. The maximum absolute atomic E-state index is 14.7. The molecule has 0 radical (unpaired) electrons. The van der Waals surface area contributed by atoms with Crippen LogP contribution in [0.2, 0.25) is 0 Å². The van der Waals surface area contributed by atoms with E-state index in [1.807, 2.05) is 12.2 Å². The molecule has 0 aliphatic heterocycles. The van der Waals surface area contributed by atoms with Gasteiger partial charge in [0, 0.05) is 17.9 Å². The molecule has 1 heterocycles. The van der Waals surface area contributed by atoms with Gasteiger partial charge < -0.3 is 15.2 Å². The molecule has 1 aromatic carbocycles. The first-order chi connectivity index (χ1) is 15.8. The van der Waals surface area contributed by atoms with Crippen molar-refractivity contribution in [2.24, 2.45) is 0 Å². The molecule has 1 aromatic heterocycles. The predicted octanol–water partition coefficient (Wildman–Crippen LogP) is 6.39. The Kier molecular flexibility index (Phi) is 10.3. The molecule has 0 spiro atoms. The topological polar surface area (TPSA) is 75.6 Å². The number of aromatic carboxylic acids is 1. The number of carbonyl (C=O) groups excluding carboxylic acids is 1. The monoisotopic (exact) mass is 485 g/mol. The van der Waals surface area contributed by atoms with Crippen molar-refractivity contribution >= 4 is 34.5 Å². The van der Waals surface area contributed by atoms with Crippen LogP contribution in [0.1, 0.15) is 52.0 Å². The van der Waals surface area contributed by atoms with Gasteiger partial charge in [0.2, 0.25) is 6.93 Å². The number of ether oxygens (including phenoxy) is 1. The number of carboxylic acid groups (broad SMARTS) is 1. The second-order valence-electron chi connectivity index (χ2n) is 6.93. The van der Waals surface area contributed by atoms with Crippen LogP contribution in [0.4, 0.5) is 23.2 Å². The highest BCUT2D eigenvalue weighted by Gasteiger charge is 2.21. The molecule has 1 aliphatic rings. The highest BCUT2D eigenvalue weighted by molar-refractivity contribution is 7.08. The lowest BCUT2D eigenvalue weighted by Crippen LogP contribution is -2.17. The summed E-state index contributed by atoms with van der Waals surface area (Å²) in [5.41, 5.74) is 0.156. The number of nitrogens with one attached hydrogen (secondary N) is 1. The smallest absolute Gasteiger partial charge is 0.337 e. The molecule has 2 N–H and O–H groups in total. The Balaban J connectivity index is 0.00000122. The molecule has 1 atom stereocenters. The number of hydrogen-bond donors (Lipinski definition) is 2. The van der Waals surface area contributed by atoms with E-state index in [9.17, 15) is 27.2 Å². The quantitative estimate of drug-likeness (QED) is 0.380. The van der Waals surface area contributed by atoms with Crippen LogP contribution in [-0.4, -0.2) is 37.1 Å². The molecule has 3 rings (SSSR count). The average molecular weight is 485 g/mol. The molecule has 5 nitrogen and oxygen atoms in total. The van der Waals surface area contributed by atoms with E-state index >= 15 is 0 Å². The first-order valence-corrected chi connectivity index (χ1v) is 10.9. The fourth-order valence-corrected chi connectivity index (χ4v) is 4.05. The Morgan fingerprint density at radius 3 is 2.33 bits per heavy atom. The number of thiophene rings is 1. The number of anilines is 1. The van der Waals surface area contributed by atoms with Crippen molar-refractivity contribution < 1.29 is 37.0 Å². The normalized spacial score (nSPS) is 18.5. The molecule has 10 heteroatoms. The van der Waals surface area contributed by atoms with Gasteiger partial charge in [0.05, 0.1) is 17.2 Å². The molecule has 0 bridgehead atoms. The molecule has 2 aromatic rings. The van der Waals surface area contributed by atoms with Gasteiger partial charge in [-0.2, -0.15) is 11.3 Å². The summed E-state index contributed by atoms with van der Waals surface area (Å²) in [6.45, 7) is -1.75. The zero-order chi connectivity index (χ0) is 24.4. The van der Waals surface area contributed by atoms with Gasteiger partial charge in [-0.05, 0) is 49.0 Å². The first-order valence-electron chi connectivity index (χ1n) is 9.93. The van der Waals surface area contributed by atoms with Gasteiger partial charge in [0.1, 0.15) is 17.3 Å². The number of alkyl halides is 2. The number of carbonyl (C=O) groups is 2. The number of hydrogen-bond acceptors (Lipinski definition) is 4. The summed E-state index contributed by atoms with van der Waals surface area (Å²) in [6, 6.07) is 2.34. The van der Waals surface area contributed by atoms with Crippen LogP contribution >= 0.6 is 11.3 Å². The molecule has 0 fully saturated rings. The van der Waals surface area contributed by atoms with E-state index in [0.29, 0.717) is 12.0 Å². The van der Waals surface area contributed by atoms with Gasteiger partial charge >= 0.3 is 5.97 Å². The molecule has 0 saturated heterocycles. The molecular weight excluding hydrogens is 462 g/mol. The van der Waals surface area contributed by atoms with Gasteiger partial charge in [-0.15, -0.1) is 0 Å². The Bertz CT molecular complexity index is 1010. The Hall–Kier alpha value is -2.98. The lowest BCUT2D eigenvalue weighted by molar-refractivity contribution is 0.0693. The van der Waals surface area contributed by atoms with E-state index in [2.05, 4.69) is 11.4 Å². The Morgan fingerprint density at radius 1 is 1.12 bits per heavy atom. The minimum atomic E-state index is -1.75. The summed E-state index contributed by atoms with van der Waals surface area (Å²) in [7, 11) is 1.59. The van der Waals surface area contributed by atoms with Gasteiger partial charge in [-0.25, -0.2) is 22.4 Å². The minimum Gasteiger partial charge on any atom is -0.478 e. The first kappa shape index (κ1) is 26.3. The third-order valence-corrected chi connectivity index (χ3v) is 5.59. The third kappa shape index (κ3) is 7.26. The van der Waals surface area contributed by atoms with Gasteiger partial charge in [-0.3, -0.25) is 4.79 Å². The summed E-state index contributed by atoms with van der Waals surface area (Å²) >= 11 is 1.02. The van der Waals surface area contributed by atoms with Crippen LogP contribution in [0, 0.1) is 11.6 Å². The lowest BCUT2D eigenvalue weighted by Gasteiger charge is -2.15. The van der Waals surface area contributed by atoms with Crippen molar-refractivity contribution in [2.75, 3.05) is 19.4 Å². The van der Waals surface area contributed by atoms with Crippen LogP contribution in [-0.2, 0) is 4.74 Å². The third-order valence-electron chi connectivity index (χ3n) is 4.84. The van der Waals surface area contributed by atoms with Gasteiger partial charge in [0.25, 0.3) is 5.91 Å². The second kappa shape index (κ2) is 12.9. The molecule has 1 unspecified atom stereocenters. The number of benzene rings is 1. The molecule has 1 aliphatic carbocycles. The Labute approximate surface area is 192 Å². The van der Waals surface area contributed by atoms with Gasteiger partial charge in [0.15, 0.2) is 0 Å². The second-order valence-corrected chi connectivity index (χ2v) is 7.67. The maximum Gasteiger partial charge on any atom is 0.337 e. The highest BCUT2D eigenvalue weighted by atomic mass is 32.1. The molecular formula is C23H23F4NO4S. The van der Waals surface area contributed by atoms with Crippen LogP contribution in [0.5, 0.6) is 0 Å². The van der Waals surface area contributed by atoms with Crippen LogP contribution in [0.25, 0.3) is 5.57 Å². The molecule has 1 amide bonds. The van der Waals surface area contributed by atoms with E-state index in [1.54, 1.807) is 7.11 Å². The predicted molar refractivity (Wildman–Crippen MR) is 119 cm³/mol. The van der Waals surface area contributed by atoms with E-state index in [4.69, 9.17) is 9.84 Å². The summed E-state index contributed by atoms with van der Waals surface area (Å²) in [5, 5.41) is 13.9. The highest BCUT2D eigenvalue weighted by Crippen LogP contribution is 2.30. The number of rotatable bonds is 5. The lowest BCUT2D eigenvalue weighted by atomic mass is 9.98. The number of carboxylic acids is 1. The van der Waals surface area contributed by atoms with E-state index in [0.717, 1.165) is 36.2 Å². The fraction of sp³-hybridized carbons (Fsp3) is 0.304. The zero-order valence-electron chi connectivity index (χ0n) is 17.7. The van der Waals surface area contributed by atoms with E-state index in [-0.39, 0.29) is 17.2 Å². The minimum absolute atomic E-state index is 0.149. The molecule has 0 saturated carbocycles. The largest absolute Gasteiger partial charge is 0.478 e. The van der Waals surface area contributed by atoms with E-state index in [1.165, 1.54) is 22.9 Å². The summed E-state index contributed by atoms with van der Waals surface area (Å²) < 4.78 is 54.1. The Morgan fingerprint density at radius 2 is 1.73 bits per heavy atom. The standard InChI is InChI=1S/C22H21F2NO4S.CH2F2/c1-29-15-7-5-3-2-4-6-13(8-15)14-9-18(23)20(19(24)10-14)25-21(26)16-11-30-12-17(16)22(27)28;2-1-3/h2-3,8-12,15H,4-7H2,1H3,(H,25,26)(H,27,28);1H2/b3-2-,13-8+;. The van der Waals surface area contributed by atoms with Crippen molar-refractivity contribution in [1.29, 1.82) is 0 Å². The van der Waals surface area contributed by atoms with Gasteiger partial charge in [-0.1, -0.05) is 18.2 Å². The summed E-state index contributed by atoms with van der Waals surface area (Å²) in [6.07, 6.45) is 8.77. The number of methoxy groups -OCH3 is 1. The van der Waals surface area contributed by atoms with Crippen molar-refractivity contribution in [3.05, 3.63) is 69.4 Å². The summed E-state index contributed by atoms with van der Waals surface area (Å²) in [5.74, 6) is -4.04. The molecule has 178 valence electrons.